The Morgan fingerprint density at radius 3 is 1.91 bits per heavy atom. The van der Waals surface area contributed by atoms with Crippen molar-refractivity contribution in [3.8, 4) is 0 Å². The molecule has 6 rings (SSSR count). The van der Waals surface area contributed by atoms with E-state index in [1.165, 1.54) is 48.7 Å². The lowest BCUT2D eigenvalue weighted by Gasteiger charge is -2.16. The summed E-state index contributed by atoms with van der Waals surface area (Å²) in [6.07, 6.45) is 0.0166. The molecular formula is C21H13NO. The first kappa shape index (κ1) is 11.8. The van der Waals surface area contributed by atoms with Crippen molar-refractivity contribution in [1.29, 1.82) is 0 Å². The van der Waals surface area contributed by atoms with E-state index in [1.807, 2.05) is 0 Å². The topological polar surface area (TPSA) is 34.5 Å². The van der Waals surface area contributed by atoms with Gasteiger partial charge in [-0.2, -0.15) is 5.48 Å². The van der Waals surface area contributed by atoms with Gasteiger partial charge >= 0.3 is 0 Å². The lowest BCUT2D eigenvalue weighted by atomic mass is 9.87. The molecule has 23 heavy (non-hydrogen) atoms. The van der Waals surface area contributed by atoms with Crippen LogP contribution in [0.1, 0.15) is 11.8 Å². The van der Waals surface area contributed by atoms with Gasteiger partial charge in [-0.1, -0.05) is 66.7 Å². The normalized spacial score (nSPS) is 17.7. The van der Waals surface area contributed by atoms with Gasteiger partial charge in [0.2, 0.25) is 0 Å². The second kappa shape index (κ2) is 3.99. The summed E-state index contributed by atoms with van der Waals surface area (Å²) in [5.74, 6) is 0. The van der Waals surface area contributed by atoms with Crippen molar-refractivity contribution in [2.45, 2.75) is 6.23 Å². The molecule has 0 radical (unpaired) electrons. The minimum Gasteiger partial charge on any atom is -0.273 e. The van der Waals surface area contributed by atoms with Gasteiger partial charge in [0.1, 0.15) is 0 Å². The van der Waals surface area contributed by atoms with E-state index in [9.17, 15) is 0 Å². The van der Waals surface area contributed by atoms with Crippen LogP contribution in [-0.4, -0.2) is 0 Å². The summed E-state index contributed by atoms with van der Waals surface area (Å²) >= 11 is 0. The van der Waals surface area contributed by atoms with E-state index in [-0.39, 0.29) is 6.23 Å². The van der Waals surface area contributed by atoms with Gasteiger partial charge < -0.3 is 0 Å². The Balaban J connectivity index is 2.05. The summed E-state index contributed by atoms with van der Waals surface area (Å²) in [4.78, 5) is 5.38. The fourth-order valence-corrected chi connectivity index (χ4v) is 4.06. The highest BCUT2D eigenvalue weighted by Crippen LogP contribution is 2.43. The Morgan fingerprint density at radius 1 is 0.609 bits per heavy atom. The van der Waals surface area contributed by atoms with Crippen LogP contribution in [0.3, 0.4) is 0 Å². The highest BCUT2D eigenvalue weighted by molar-refractivity contribution is 6.33. The maximum atomic E-state index is 5.38. The van der Waals surface area contributed by atoms with Crippen LogP contribution in [-0.2, 0) is 4.84 Å². The fraction of sp³-hybridized carbons (Fsp3) is 0.0476. The first-order valence-electron chi connectivity index (χ1n) is 7.91. The largest absolute Gasteiger partial charge is 0.273 e. The summed E-state index contributed by atoms with van der Waals surface area (Å²) in [5, 5.41) is 10.6. The molecule has 2 nitrogen and oxygen atoms in total. The van der Waals surface area contributed by atoms with Crippen molar-refractivity contribution in [2.75, 3.05) is 0 Å². The van der Waals surface area contributed by atoms with E-state index in [1.54, 1.807) is 0 Å². The lowest BCUT2D eigenvalue weighted by molar-refractivity contribution is 0.375. The van der Waals surface area contributed by atoms with Gasteiger partial charge in [-0.05, 0) is 43.1 Å². The lowest BCUT2D eigenvalue weighted by Crippen LogP contribution is -1.92. The van der Waals surface area contributed by atoms with Gasteiger partial charge in [0.25, 0.3) is 0 Å². The highest BCUT2D eigenvalue weighted by atomic mass is 16.8. The standard InChI is InChI=1S/C21H13NO/c1-4-12-5-3-9-16-18(12)14(7-1)15-8-2-6-13-10-11-17(21-22-23-21)20(16)19(13)15/h1-11,21-22H. The molecule has 0 aliphatic carbocycles. The van der Waals surface area contributed by atoms with Crippen molar-refractivity contribution < 1.29 is 4.84 Å². The predicted molar refractivity (Wildman–Crippen MR) is 94.6 cm³/mol. The first-order valence-corrected chi connectivity index (χ1v) is 7.91. The summed E-state index contributed by atoms with van der Waals surface area (Å²) in [6.45, 7) is 0. The van der Waals surface area contributed by atoms with Gasteiger partial charge in [0.15, 0.2) is 6.23 Å². The van der Waals surface area contributed by atoms with Crippen molar-refractivity contribution >= 4 is 43.1 Å². The second-order valence-corrected chi connectivity index (χ2v) is 6.26. The van der Waals surface area contributed by atoms with Gasteiger partial charge in [0.05, 0.1) is 0 Å². The maximum absolute atomic E-state index is 5.38. The third-order valence-electron chi connectivity index (χ3n) is 5.06. The Labute approximate surface area is 132 Å². The highest BCUT2D eigenvalue weighted by Gasteiger charge is 2.28. The smallest absolute Gasteiger partial charge is 0.177 e. The number of nitrogens with one attached hydrogen (secondary N) is 1. The molecule has 0 spiro atoms. The van der Waals surface area contributed by atoms with E-state index in [0.717, 1.165) is 0 Å². The molecule has 1 atom stereocenters. The minimum absolute atomic E-state index is 0.0166. The van der Waals surface area contributed by atoms with Crippen LogP contribution in [0.4, 0.5) is 0 Å². The molecular weight excluding hydrogens is 282 g/mol. The molecule has 1 aliphatic rings. The molecule has 108 valence electrons. The molecule has 1 fully saturated rings. The molecule has 1 saturated heterocycles. The summed E-state index contributed by atoms with van der Waals surface area (Å²) in [7, 11) is 0. The molecule has 0 amide bonds. The Morgan fingerprint density at radius 2 is 1.22 bits per heavy atom. The van der Waals surface area contributed by atoms with Crippen LogP contribution < -0.4 is 5.48 Å². The Bertz CT molecular complexity index is 1220. The molecule has 1 unspecified atom stereocenters. The SMILES string of the molecule is c1cc2cccc3c4c(C5NO5)ccc5cccc(c(c1)c23)c54. The molecule has 0 saturated carbocycles. The number of hydrogen-bond acceptors (Lipinski definition) is 2. The van der Waals surface area contributed by atoms with Crippen LogP contribution in [0.5, 0.6) is 0 Å². The van der Waals surface area contributed by atoms with E-state index in [4.69, 9.17) is 4.84 Å². The third kappa shape index (κ3) is 1.45. The summed E-state index contributed by atoms with van der Waals surface area (Å²) < 4.78 is 0. The van der Waals surface area contributed by atoms with Crippen LogP contribution >= 0.6 is 0 Å². The quantitative estimate of drug-likeness (QED) is 0.260. The van der Waals surface area contributed by atoms with Gasteiger partial charge in [-0.3, -0.25) is 4.84 Å². The minimum atomic E-state index is 0.0166. The van der Waals surface area contributed by atoms with Crippen LogP contribution in [0.15, 0.2) is 66.7 Å². The van der Waals surface area contributed by atoms with E-state index in [0.29, 0.717) is 0 Å². The van der Waals surface area contributed by atoms with Crippen molar-refractivity contribution in [2.24, 2.45) is 0 Å². The number of fused-ring (bicyclic) bond motifs is 2. The predicted octanol–water partition coefficient (Wildman–Crippen LogP) is 5.27. The molecule has 1 aliphatic heterocycles. The fourth-order valence-electron chi connectivity index (χ4n) is 4.06. The van der Waals surface area contributed by atoms with E-state index in [2.05, 4.69) is 72.2 Å². The van der Waals surface area contributed by atoms with Gasteiger partial charge in [-0.15, -0.1) is 0 Å². The van der Waals surface area contributed by atoms with Crippen LogP contribution in [0.2, 0.25) is 0 Å². The van der Waals surface area contributed by atoms with Crippen molar-refractivity contribution in [3.63, 3.8) is 0 Å². The number of hydrogen-bond donors (Lipinski definition) is 1. The molecule has 0 aromatic heterocycles. The molecule has 1 heterocycles. The molecule has 5 aromatic carbocycles. The number of hydroxylamine groups is 1. The summed E-state index contributed by atoms with van der Waals surface area (Å²) in [6, 6.07) is 24.2. The Kier molecular flexibility index (Phi) is 2.05. The van der Waals surface area contributed by atoms with E-state index < -0.39 is 0 Å². The van der Waals surface area contributed by atoms with Crippen LogP contribution in [0, 0.1) is 0 Å². The summed E-state index contributed by atoms with van der Waals surface area (Å²) in [5.41, 5.74) is 4.22. The maximum Gasteiger partial charge on any atom is 0.177 e. The van der Waals surface area contributed by atoms with Crippen molar-refractivity contribution in [1.82, 2.24) is 5.48 Å². The molecule has 0 bridgehead atoms. The van der Waals surface area contributed by atoms with Gasteiger partial charge in [-0.25, -0.2) is 0 Å². The molecule has 2 heteroatoms. The zero-order chi connectivity index (χ0) is 15.0. The molecule has 5 aromatic rings. The monoisotopic (exact) mass is 295 g/mol. The molecule has 1 N–H and O–H groups in total. The zero-order valence-corrected chi connectivity index (χ0v) is 12.3. The number of rotatable bonds is 1. The first-order chi connectivity index (χ1) is 11.4. The average Bonchev–Trinajstić information content (AvgIpc) is 3.44. The van der Waals surface area contributed by atoms with Crippen LogP contribution in [0.25, 0.3) is 43.1 Å². The van der Waals surface area contributed by atoms with Gasteiger partial charge in [0, 0.05) is 5.56 Å². The van der Waals surface area contributed by atoms with Crippen molar-refractivity contribution in [3.05, 3.63) is 72.3 Å². The zero-order valence-electron chi connectivity index (χ0n) is 12.3. The van der Waals surface area contributed by atoms with E-state index >= 15 is 0 Å². The Hall–Kier alpha value is -2.68. The average molecular weight is 295 g/mol. The third-order valence-corrected chi connectivity index (χ3v) is 5.06. The second-order valence-electron chi connectivity index (χ2n) is 6.26. The number of benzene rings is 5.